The van der Waals surface area contributed by atoms with Crippen LogP contribution in [0.3, 0.4) is 0 Å². The molecule has 176 valence electrons. The first kappa shape index (κ1) is 23.2. The third-order valence-electron chi connectivity index (χ3n) is 6.61. The number of hydrogen-bond donors (Lipinski definition) is 2. The Morgan fingerprint density at radius 1 is 1.21 bits per heavy atom. The minimum atomic E-state index is -0.264. The summed E-state index contributed by atoms with van der Waals surface area (Å²) in [4.78, 5) is 14.2. The first-order valence-corrected chi connectivity index (χ1v) is 11.7. The van der Waals surface area contributed by atoms with Crippen molar-refractivity contribution in [3.05, 3.63) is 60.0 Å². The smallest absolute Gasteiger partial charge is 0.317 e. The summed E-state index contributed by atoms with van der Waals surface area (Å²) < 4.78 is 15.2. The van der Waals surface area contributed by atoms with Crippen molar-refractivity contribution in [1.29, 1.82) is 0 Å². The summed E-state index contributed by atoms with van der Waals surface area (Å²) in [6, 6.07) is 12.9. The minimum Gasteiger partial charge on any atom is -0.337 e. The molecule has 1 aliphatic rings. The molecule has 3 aromatic rings. The number of nitrogens with zero attached hydrogens (tertiary/aromatic N) is 3. The maximum atomic E-state index is 13.3. The van der Waals surface area contributed by atoms with Gasteiger partial charge in [0.25, 0.3) is 0 Å². The van der Waals surface area contributed by atoms with Crippen molar-refractivity contribution in [1.82, 2.24) is 20.0 Å². The van der Waals surface area contributed by atoms with Gasteiger partial charge in [0.2, 0.25) is 0 Å². The van der Waals surface area contributed by atoms with Gasteiger partial charge in [-0.2, -0.15) is 5.10 Å². The van der Waals surface area contributed by atoms with Gasteiger partial charge in [0.1, 0.15) is 5.82 Å². The zero-order chi connectivity index (χ0) is 23.8. The number of urea groups is 1. The Bertz CT molecular complexity index is 1120. The lowest BCUT2D eigenvalue weighted by Gasteiger charge is -2.40. The molecule has 1 unspecified atom stereocenters. The van der Waals surface area contributed by atoms with Gasteiger partial charge in [-0.25, -0.2) is 13.9 Å². The molecule has 33 heavy (non-hydrogen) atoms. The maximum Gasteiger partial charge on any atom is 0.317 e. The molecule has 0 bridgehead atoms. The first-order valence-electron chi connectivity index (χ1n) is 11.7. The van der Waals surface area contributed by atoms with Crippen LogP contribution >= 0.6 is 0 Å². The predicted octanol–water partition coefficient (Wildman–Crippen LogP) is 4.67. The van der Waals surface area contributed by atoms with Gasteiger partial charge in [0, 0.05) is 31.1 Å². The molecule has 2 heterocycles. The molecular formula is C26H34FN5O. The number of benzene rings is 2. The molecule has 2 aromatic carbocycles. The molecule has 6 nitrogen and oxygen atoms in total. The second-order valence-electron chi connectivity index (χ2n) is 10.3. The van der Waals surface area contributed by atoms with Crippen molar-refractivity contribution in [3.63, 3.8) is 0 Å². The van der Waals surface area contributed by atoms with Gasteiger partial charge < -0.3 is 16.0 Å². The van der Waals surface area contributed by atoms with Crippen molar-refractivity contribution in [3.8, 4) is 5.69 Å². The molecule has 1 aromatic heterocycles. The van der Waals surface area contributed by atoms with E-state index >= 15 is 0 Å². The molecule has 1 fully saturated rings. The molecule has 2 amide bonds. The van der Waals surface area contributed by atoms with Gasteiger partial charge in [-0.05, 0) is 65.6 Å². The van der Waals surface area contributed by atoms with Crippen LogP contribution in [0.15, 0.2) is 48.7 Å². The first-order chi connectivity index (χ1) is 15.6. The van der Waals surface area contributed by atoms with E-state index in [9.17, 15) is 9.18 Å². The zero-order valence-corrected chi connectivity index (χ0v) is 19.9. The number of fused-ring (bicyclic) bond motifs is 1. The number of carbonyl (C=O) groups excluding carboxylic acids is 1. The number of amides is 2. The van der Waals surface area contributed by atoms with E-state index in [0.29, 0.717) is 25.6 Å². The van der Waals surface area contributed by atoms with Crippen molar-refractivity contribution >= 4 is 16.9 Å². The average molecular weight is 452 g/mol. The standard InChI is InChI=1S/C26H34FN5O/c1-17(2)11-23(26(3,4)16-29-25(33)31-14-21(28)15-31)18-5-10-24-19(12-18)13-30-32(24)22-8-6-20(27)7-9-22/h5-10,12-13,17,21,23H,11,14-16,28H2,1-4H3,(H,29,33). The van der Waals surface area contributed by atoms with Crippen molar-refractivity contribution in [2.45, 2.75) is 46.1 Å². The van der Waals surface area contributed by atoms with Crippen molar-refractivity contribution in [2.24, 2.45) is 17.1 Å². The van der Waals surface area contributed by atoms with Crippen LogP contribution in [0.5, 0.6) is 0 Å². The predicted molar refractivity (Wildman–Crippen MR) is 130 cm³/mol. The van der Waals surface area contributed by atoms with Crippen molar-refractivity contribution < 1.29 is 9.18 Å². The molecule has 1 saturated heterocycles. The molecule has 1 atom stereocenters. The highest BCUT2D eigenvalue weighted by Gasteiger charge is 2.34. The fourth-order valence-electron chi connectivity index (χ4n) is 4.65. The van der Waals surface area contributed by atoms with Crippen molar-refractivity contribution in [2.75, 3.05) is 19.6 Å². The topological polar surface area (TPSA) is 76.2 Å². The van der Waals surface area contributed by atoms with Gasteiger partial charge in [-0.15, -0.1) is 0 Å². The van der Waals surface area contributed by atoms with Crippen LogP contribution in [0.4, 0.5) is 9.18 Å². The SMILES string of the molecule is CC(C)CC(c1ccc2c(cnn2-c2ccc(F)cc2)c1)C(C)(C)CNC(=O)N1CC(N)C1. The molecular weight excluding hydrogens is 417 g/mol. The van der Waals surface area contributed by atoms with E-state index in [0.717, 1.165) is 23.0 Å². The number of halogens is 1. The number of nitrogens with two attached hydrogens (primary N) is 1. The number of hydrogen-bond acceptors (Lipinski definition) is 3. The molecule has 0 saturated carbocycles. The highest BCUT2D eigenvalue weighted by atomic mass is 19.1. The third-order valence-corrected chi connectivity index (χ3v) is 6.61. The molecule has 0 radical (unpaired) electrons. The lowest BCUT2D eigenvalue weighted by Crippen LogP contribution is -2.61. The number of aromatic nitrogens is 2. The number of rotatable bonds is 7. The number of carbonyl (C=O) groups is 1. The molecule has 3 N–H and O–H groups in total. The van der Waals surface area contributed by atoms with Crippen LogP contribution in [0, 0.1) is 17.2 Å². The molecule has 4 rings (SSSR count). The Hall–Kier alpha value is -2.93. The Labute approximate surface area is 194 Å². The average Bonchev–Trinajstić information content (AvgIpc) is 3.17. The van der Waals surface area contributed by atoms with E-state index < -0.39 is 0 Å². The van der Waals surface area contributed by atoms with Crippen LogP contribution < -0.4 is 11.1 Å². The summed E-state index contributed by atoms with van der Waals surface area (Å²) in [6.45, 7) is 10.7. The Kier molecular flexibility index (Phi) is 6.43. The zero-order valence-electron chi connectivity index (χ0n) is 19.9. The lowest BCUT2D eigenvalue weighted by molar-refractivity contribution is 0.145. The van der Waals surface area contributed by atoms with Crippen LogP contribution in [0.2, 0.25) is 0 Å². The van der Waals surface area contributed by atoms with Gasteiger partial charge in [-0.1, -0.05) is 33.8 Å². The molecule has 0 aliphatic carbocycles. The summed E-state index contributed by atoms with van der Waals surface area (Å²) in [6.07, 6.45) is 2.87. The normalized spacial score (nSPS) is 15.7. The third kappa shape index (κ3) is 5.03. The Morgan fingerprint density at radius 2 is 1.91 bits per heavy atom. The quantitative estimate of drug-likeness (QED) is 0.548. The van der Waals surface area contributed by atoms with Crippen LogP contribution in [0.1, 0.15) is 45.6 Å². The van der Waals surface area contributed by atoms with Gasteiger partial charge in [0.05, 0.1) is 17.4 Å². The monoisotopic (exact) mass is 451 g/mol. The van der Waals surface area contributed by atoms with Crippen LogP contribution in [-0.4, -0.2) is 46.4 Å². The van der Waals surface area contributed by atoms with E-state index in [2.05, 4.69) is 56.3 Å². The highest BCUT2D eigenvalue weighted by Crippen LogP contribution is 2.41. The molecule has 1 aliphatic heterocycles. The summed E-state index contributed by atoms with van der Waals surface area (Å²) in [5.74, 6) is 0.506. The van der Waals surface area contributed by atoms with E-state index in [4.69, 9.17) is 5.73 Å². The van der Waals surface area contributed by atoms with E-state index in [-0.39, 0.29) is 29.2 Å². The summed E-state index contributed by atoms with van der Waals surface area (Å²) >= 11 is 0. The minimum absolute atomic E-state index is 0.0379. The fraction of sp³-hybridized carbons (Fsp3) is 0.462. The summed E-state index contributed by atoms with van der Waals surface area (Å²) in [5, 5.41) is 8.70. The molecule has 0 spiro atoms. The number of likely N-dealkylation sites (tertiary alicyclic amines) is 1. The second-order valence-corrected chi connectivity index (χ2v) is 10.3. The Balaban J connectivity index is 1.57. The number of nitrogens with one attached hydrogen (secondary N) is 1. The molecule has 7 heteroatoms. The van der Waals surface area contributed by atoms with E-state index in [1.165, 1.54) is 17.7 Å². The van der Waals surface area contributed by atoms with Gasteiger partial charge in [-0.3, -0.25) is 0 Å². The summed E-state index contributed by atoms with van der Waals surface area (Å²) in [5.41, 5.74) is 8.71. The maximum absolute atomic E-state index is 13.3. The fourth-order valence-corrected chi connectivity index (χ4v) is 4.65. The second kappa shape index (κ2) is 9.14. The largest absolute Gasteiger partial charge is 0.337 e. The highest BCUT2D eigenvalue weighted by molar-refractivity contribution is 5.81. The summed E-state index contributed by atoms with van der Waals surface area (Å²) in [7, 11) is 0. The van der Waals surface area contributed by atoms with E-state index in [1.54, 1.807) is 17.0 Å². The van der Waals surface area contributed by atoms with Gasteiger partial charge >= 0.3 is 6.03 Å². The van der Waals surface area contributed by atoms with Crippen LogP contribution in [0.25, 0.3) is 16.6 Å². The van der Waals surface area contributed by atoms with Gasteiger partial charge in [0.15, 0.2) is 0 Å². The van der Waals surface area contributed by atoms with E-state index in [1.807, 2.05) is 10.9 Å². The lowest BCUT2D eigenvalue weighted by atomic mass is 9.71. The van der Waals surface area contributed by atoms with Crippen LogP contribution in [-0.2, 0) is 0 Å². The Morgan fingerprint density at radius 3 is 2.55 bits per heavy atom.